The summed E-state index contributed by atoms with van der Waals surface area (Å²) in [5.74, 6) is 0.702. The molecule has 1 aromatic rings. The van der Waals surface area contributed by atoms with Crippen LogP contribution in [0.2, 0.25) is 0 Å². The van der Waals surface area contributed by atoms with Gasteiger partial charge in [-0.3, -0.25) is 4.79 Å². The van der Waals surface area contributed by atoms with Crippen LogP contribution in [-0.4, -0.2) is 25.5 Å². The van der Waals surface area contributed by atoms with E-state index in [4.69, 9.17) is 0 Å². The molecule has 1 atom stereocenters. The fourth-order valence-corrected chi connectivity index (χ4v) is 2.13. The topological polar surface area (TPSA) is 32.3 Å². The third-order valence-electron chi connectivity index (χ3n) is 3.15. The van der Waals surface area contributed by atoms with Gasteiger partial charge in [0, 0.05) is 25.2 Å². The van der Waals surface area contributed by atoms with Crippen molar-refractivity contribution < 1.29 is 4.79 Å². The lowest BCUT2D eigenvalue weighted by Crippen LogP contribution is -2.42. The number of aryl methyl sites for hydroxylation is 1. The molecule has 0 saturated carbocycles. The normalized spacial score (nSPS) is 22.1. The van der Waals surface area contributed by atoms with E-state index in [0.29, 0.717) is 12.3 Å². The Morgan fingerprint density at radius 2 is 2.00 bits per heavy atom. The standard InChI is InChI=1S/C14H20N2O/c1-11-3-5-13(6-4-11)16-10-12(2)9-15-8-7-14(16)17/h3-6,12,15H,7-10H2,1-2H3. The van der Waals surface area contributed by atoms with Gasteiger partial charge in [-0.15, -0.1) is 0 Å². The molecular formula is C14H20N2O. The Morgan fingerprint density at radius 1 is 1.29 bits per heavy atom. The Hall–Kier alpha value is -1.35. The third kappa shape index (κ3) is 3.07. The summed E-state index contributed by atoms with van der Waals surface area (Å²) >= 11 is 0. The molecule has 1 fully saturated rings. The van der Waals surface area contributed by atoms with E-state index >= 15 is 0 Å². The first-order valence-corrected chi connectivity index (χ1v) is 6.24. The number of hydrogen-bond acceptors (Lipinski definition) is 2. The van der Waals surface area contributed by atoms with Gasteiger partial charge in [-0.25, -0.2) is 0 Å². The van der Waals surface area contributed by atoms with Crippen LogP contribution in [0, 0.1) is 12.8 Å². The molecule has 0 radical (unpaired) electrons. The SMILES string of the molecule is Cc1ccc(N2CC(C)CNCCC2=O)cc1. The van der Waals surface area contributed by atoms with Crippen molar-refractivity contribution in [2.75, 3.05) is 24.5 Å². The molecule has 17 heavy (non-hydrogen) atoms. The first-order valence-electron chi connectivity index (χ1n) is 6.24. The maximum absolute atomic E-state index is 12.1. The van der Waals surface area contributed by atoms with Crippen molar-refractivity contribution in [2.24, 2.45) is 5.92 Å². The highest BCUT2D eigenvalue weighted by molar-refractivity contribution is 5.93. The van der Waals surface area contributed by atoms with Gasteiger partial charge in [-0.2, -0.15) is 0 Å². The van der Waals surface area contributed by atoms with E-state index in [0.717, 1.165) is 25.3 Å². The first-order chi connectivity index (χ1) is 8.16. The number of nitrogens with zero attached hydrogens (tertiary/aromatic N) is 1. The Labute approximate surface area is 103 Å². The second-order valence-electron chi connectivity index (χ2n) is 4.90. The predicted molar refractivity (Wildman–Crippen MR) is 70.2 cm³/mol. The van der Waals surface area contributed by atoms with Gasteiger partial charge in [0.05, 0.1) is 0 Å². The lowest BCUT2D eigenvalue weighted by Gasteiger charge is -2.29. The summed E-state index contributed by atoms with van der Waals surface area (Å²) < 4.78 is 0. The number of carbonyl (C=O) groups excluding carboxylic acids is 1. The highest BCUT2D eigenvalue weighted by Crippen LogP contribution is 2.18. The van der Waals surface area contributed by atoms with Crippen LogP contribution in [0.1, 0.15) is 18.9 Å². The van der Waals surface area contributed by atoms with Crippen LogP contribution in [0.4, 0.5) is 5.69 Å². The van der Waals surface area contributed by atoms with E-state index in [1.165, 1.54) is 5.56 Å². The van der Waals surface area contributed by atoms with E-state index in [9.17, 15) is 4.79 Å². The second-order valence-corrected chi connectivity index (χ2v) is 4.90. The van der Waals surface area contributed by atoms with Gasteiger partial charge in [0.2, 0.25) is 5.91 Å². The Balaban J connectivity index is 2.20. The number of benzene rings is 1. The zero-order chi connectivity index (χ0) is 12.3. The monoisotopic (exact) mass is 232 g/mol. The first kappa shape index (κ1) is 12.1. The molecule has 1 N–H and O–H groups in total. The summed E-state index contributed by atoms with van der Waals surface area (Å²) in [6.07, 6.45) is 0.584. The van der Waals surface area contributed by atoms with Gasteiger partial charge in [-0.05, 0) is 31.5 Å². The van der Waals surface area contributed by atoms with Gasteiger partial charge in [0.1, 0.15) is 0 Å². The van der Waals surface area contributed by atoms with Crippen LogP contribution in [-0.2, 0) is 4.79 Å². The Morgan fingerprint density at radius 3 is 2.71 bits per heavy atom. The molecule has 0 bridgehead atoms. The Kier molecular flexibility index (Phi) is 3.79. The summed E-state index contributed by atoms with van der Waals surface area (Å²) in [4.78, 5) is 14.0. The summed E-state index contributed by atoms with van der Waals surface area (Å²) in [5.41, 5.74) is 2.25. The van der Waals surface area contributed by atoms with Crippen LogP contribution >= 0.6 is 0 Å². The van der Waals surface area contributed by atoms with Crippen LogP contribution < -0.4 is 10.2 Å². The molecule has 1 aromatic carbocycles. The maximum Gasteiger partial charge on any atom is 0.228 e. The van der Waals surface area contributed by atoms with E-state index in [-0.39, 0.29) is 5.91 Å². The third-order valence-corrected chi connectivity index (χ3v) is 3.15. The second kappa shape index (κ2) is 5.32. The minimum atomic E-state index is 0.216. The van der Waals surface area contributed by atoms with Crippen LogP contribution in [0.3, 0.4) is 0 Å². The number of hydrogen-bond donors (Lipinski definition) is 1. The van der Waals surface area contributed by atoms with E-state index in [1.807, 2.05) is 17.0 Å². The summed E-state index contributed by atoms with van der Waals surface area (Å²) in [7, 11) is 0. The quantitative estimate of drug-likeness (QED) is 0.802. The average Bonchev–Trinajstić information content (AvgIpc) is 2.31. The van der Waals surface area contributed by atoms with Gasteiger partial charge in [0.15, 0.2) is 0 Å². The van der Waals surface area contributed by atoms with Crippen molar-refractivity contribution in [2.45, 2.75) is 20.3 Å². The number of rotatable bonds is 1. The summed E-state index contributed by atoms with van der Waals surface area (Å²) in [6, 6.07) is 8.19. The Bertz CT molecular complexity index is 386. The van der Waals surface area contributed by atoms with Crippen molar-refractivity contribution in [3.63, 3.8) is 0 Å². The zero-order valence-electron chi connectivity index (χ0n) is 10.6. The van der Waals surface area contributed by atoms with E-state index in [1.54, 1.807) is 0 Å². The summed E-state index contributed by atoms with van der Waals surface area (Å²) in [5, 5.41) is 3.30. The zero-order valence-corrected chi connectivity index (χ0v) is 10.6. The van der Waals surface area contributed by atoms with Gasteiger partial charge >= 0.3 is 0 Å². The molecule has 1 aliphatic heterocycles. The molecule has 2 rings (SSSR count). The van der Waals surface area contributed by atoms with Gasteiger partial charge in [0.25, 0.3) is 0 Å². The van der Waals surface area contributed by atoms with E-state index < -0.39 is 0 Å². The number of amides is 1. The number of anilines is 1. The minimum absolute atomic E-state index is 0.216. The van der Waals surface area contributed by atoms with Crippen molar-refractivity contribution >= 4 is 11.6 Å². The lowest BCUT2D eigenvalue weighted by molar-refractivity contribution is -0.118. The molecule has 1 unspecified atom stereocenters. The number of nitrogens with one attached hydrogen (secondary N) is 1. The molecule has 1 saturated heterocycles. The lowest BCUT2D eigenvalue weighted by atomic mass is 10.1. The molecule has 0 aliphatic carbocycles. The number of carbonyl (C=O) groups is 1. The van der Waals surface area contributed by atoms with Crippen molar-refractivity contribution in [1.29, 1.82) is 0 Å². The molecular weight excluding hydrogens is 212 g/mol. The summed E-state index contributed by atoms with van der Waals surface area (Å²) in [6.45, 7) is 6.80. The largest absolute Gasteiger partial charge is 0.316 e. The van der Waals surface area contributed by atoms with Gasteiger partial charge < -0.3 is 10.2 Å². The van der Waals surface area contributed by atoms with Crippen molar-refractivity contribution in [3.05, 3.63) is 29.8 Å². The van der Waals surface area contributed by atoms with Crippen LogP contribution in [0.5, 0.6) is 0 Å². The molecule has 3 nitrogen and oxygen atoms in total. The van der Waals surface area contributed by atoms with Crippen LogP contribution in [0.25, 0.3) is 0 Å². The molecule has 1 aliphatic rings. The maximum atomic E-state index is 12.1. The van der Waals surface area contributed by atoms with Crippen molar-refractivity contribution in [1.82, 2.24) is 5.32 Å². The molecule has 0 aromatic heterocycles. The molecule has 3 heteroatoms. The fourth-order valence-electron chi connectivity index (χ4n) is 2.13. The van der Waals surface area contributed by atoms with E-state index in [2.05, 4.69) is 31.3 Å². The predicted octanol–water partition coefficient (Wildman–Crippen LogP) is 1.96. The van der Waals surface area contributed by atoms with Crippen LogP contribution in [0.15, 0.2) is 24.3 Å². The average molecular weight is 232 g/mol. The smallest absolute Gasteiger partial charge is 0.228 e. The highest BCUT2D eigenvalue weighted by Gasteiger charge is 2.20. The highest BCUT2D eigenvalue weighted by atomic mass is 16.2. The van der Waals surface area contributed by atoms with Gasteiger partial charge in [-0.1, -0.05) is 24.6 Å². The molecule has 0 spiro atoms. The van der Waals surface area contributed by atoms with Crippen molar-refractivity contribution in [3.8, 4) is 0 Å². The molecule has 92 valence electrons. The molecule has 1 amide bonds. The fraction of sp³-hybridized carbons (Fsp3) is 0.500. The minimum Gasteiger partial charge on any atom is -0.316 e. The molecule has 1 heterocycles.